The molecule has 0 saturated heterocycles. The van der Waals surface area contributed by atoms with Crippen molar-refractivity contribution >= 4 is 61.9 Å². The maximum Gasteiger partial charge on any atom is -0.0195 e. The van der Waals surface area contributed by atoms with Crippen LogP contribution in [0.1, 0.15) is 39.5 Å². The molecule has 0 atom stereocenters. The van der Waals surface area contributed by atoms with Gasteiger partial charge in [0.05, 0.1) is 0 Å². The molecule has 36 heavy (non-hydrogen) atoms. The third kappa shape index (κ3) is 10.7. The number of benzene rings is 4. The Morgan fingerprint density at radius 2 is 0.611 bits per heavy atom. The third-order valence-electron chi connectivity index (χ3n) is 5.74. The number of rotatable bonds is 10. The van der Waals surface area contributed by atoms with E-state index in [-0.39, 0.29) is 40.7 Å². The van der Waals surface area contributed by atoms with Crippen molar-refractivity contribution in [2.75, 3.05) is 12.3 Å². The molecule has 0 heterocycles. The van der Waals surface area contributed by atoms with E-state index in [1.807, 2.05) is 0 Å². The van der Waals surface area contributed by atoms with Crippen LogP contribution in [0.5, 0.6) is 0 Å². The number of halogens is 2. The van der Waals surface area contributed by atoms with Crippen LogP contribution >= 0.6 is 40.7 Å². The Hall–Kier alpha value is -1.68. The second kappa shape index (κ2) is 19.4. The zero-order valence-corrected chi connectivity index (χ0v) is 24.9. The first-order valence-corrected chi connectivity index (χ1v) is 15.6. The maximum atomic E-state index is 2.27. The fraction of sp³-hybridized carbons (Fsp3) is 0.250. The van der Waals surface area contributed by atoms with E-state index in [0.29, 0.717) is 0 Å². The molecule has 0 saturated carbocycles. The van der Waals surface area contributed by atoms with Gasteiger partial charge < -0.3 is 0 Å². The van der Waals surface area contributed by atoms with Crippen molar-refractivity contribution in [3.05, 3.63) is 121 Å². The molecule has 0 aliphatic rings. The largest absolute Gasteiger partial charge is 0.147 e. The molecule has 0 aliphatic carbocycles. The molecule has 0 aromatic heterocycles. The number of hydrogen-bond donors (Lipinski definition) is 0. The van der Waals surface area contributed by atoms with E-state index in [4.69, 9.17) is 0 Å². The molecule has 4 aromatic carbocycles. The summed E-state index contributed by atoms with van der Waals surface area (Å²) in [7, 11) is -0.314. The van der Waals surface area contributed by atoms with Crippen molar-refractivity contribution in [1.82, 2.24) is 0 Å². The summed E-state index contributed by atoms with van der Waals surface area (Å²) in [6.07, 6.45) is 7.79. The fourth-order valence-electron chi connectivity index (χ4n) is 3.88. The Bertz CT molecular complexity index is 863. The van der Waals surface area contributed by atoms with Gasteiger partial charge in [0, 0.05) is 0 Å². The van der Waals surface area contributed by atoms with Crippen molar-refractivity contribution in [2.24, 2.45) is 0 Å². The van der Waals surface area contributed by atoms with E-state index < -0.39 is 0 Å². The maximum absolute atomic E-state index is 2.27. The molecule has 0 nitrogen and oxygen atoms in total. The molecule has 4 aromatic rings. The highest BCUT2D eigenvalue weighted by Gasteiger charge is 2.13. The summed E-state index contributed by atoms with van der Waals surface area (Å²) in [5, 5.41) is 6.01. The third-order valence-corrected chi connectivity index (χ3v) is 11.0. The Morgan fingerprint density at radius 3 is 0.806 bits per heavy atom. The lowest BCUT2D eigenvalue weighted by Gasteiger charge is -2.18. The topological polar surface area (TPSA) is 0 Å². The molecule has 0 N–H and O–H groups in total. The van der Waals surface area contributed by atoms with Gasteiger partial charge in [-0.15, -0.1) is 24.8 Å². The predicted octanol–water partition coefficient (Wildman–Crippen LogP) is 8.68. The van der Waals surface area contributed by atoms with Gasteiger partial charge in [-0.2, -0.15) is 0 Å². The summed E-state index contributed by atoms with van der Waals surface area (Å²) in [6.45, 7) is 4.53. The Morgan fingerprint density at radius 1 is 0.389 bits per heavy atom. The molecule has 0 radical (unpaired) electrons. The van der Waals surface area contributed by atoms with Crippen molar-refractivity contribution in [2.45, 2.75) is 39.5 Å². The van der Waals surface area contributed by atoms with Gasteiger partial charge in [0.1, 0.15) is 0 Å². The Kier molecular flexibility index (Phi) is 17.5. The SMILES string of the molecule is CCCCP(c1ccccc1)c1ccccc1.CCCCP(c1ccccc1)c1ccccc1.Cl.Cl. The second-order valence-corrected chi connectivity index (χ2v) is 13.0. The quantitative estimate of drug-likeness (QED) is 0.171. The molecule has 0 fully saturated rings. The highest BCUT2D eigenvalue weighted by Crippen LogP contribution is 2.35. The van der Waals surface area contributed by atoms with Gasteiger partial charge in [-0.25, -0.2) is 0 Å². The summed E-state index contributed by atoms with van der Waals surface area (Å²) < 4.78 is 0. The van der Waals surface area contributed by atoms with Gasteiger partial charge in [-0.1, -0.05) is 148 Å². The first kappa shape index (κ1) is 32.3. The van der Waals surface area contributed by atoms with Crippen molar-refractivity contribution in [1.29, 1.82) is 0 Å². The van der Waals surface area contributed by atoms with Crippen LogP contribution in [0, 0.1) is 0 Å². The number of unbranched alkanes of at least 4 members (excludes halogenated alkanes) is 2. The molecular weight excluding hydrogens is 517 g/mol. The highest BCUT2D eigenvalue weighted by molar-refractivity contribution is 7.73. The predicted molar refractivity (Wildman–Crippen MR) is 172 cm³/mol. The molecular formula is C32H40Cl2P2. The standard InChI is InChI=1S/2C16H19P.2ClH/c2*1-2-3-14-17(15-10-6-4-7-11-15)16-12-8-5-9-13-16;;/h2*4-13H,2-3,14H2,1H3;2*1H. The van der Waals surface area contributed by atoms with E-state index in [0.717, 1.165) is 0 Å². The monoisotopic (exact) mass is 556 g/mol. The summed E-state index contributed by atoms with van der Waals surface area (Å²) in [5.74, 6) is 0. The molecule has 0 bridgehead atoms. The van der Waals surface area contributed by atoms with E-state index in [1.165, 1.54) is 59.2 Å². The lowest BCUT2D eigenvalue weighted by Crippen LogP contribution is -2.13. The van der Waals surface area contributed by atoms with Crippen LogP contribution in [-0.4, -0.2) is 12.3 Å². The summed E-state index contributed by atoms with van der Waals surface area (Å²) in [4.78, 5) is 0. The van der Waals surface area contributed by atoms with Crippen molar-refractivity contribution < 1.29 is 0 Å². The highest BCUT2D eigenvalue weighted by atomic mass is 35.5. The first-order chi connectivity index (χ1) is 16.8. The fourth-order valence-corrected chi connectivity index (χ4v) is 8.90. The summed E-state index contributed by atoms with van der Waals surface area (Å²) in [5.41, 5.74) is 0. The van der Waals surface area contributed by atoms with Crippen LogP contribution in [0.25, 0.3) is 0 Å². The minimum Gasteiger partial charge on any atom is -0.147 e. The van der Waals surface area contributed by atoms with E-state index in [2.05, 4.69) is 135 Å². The second-order valence-electron chi connectivity index (χ2n) is 8.35. The normalized spacial score (nSPS) is 10.1. The molecule has 4 rings (SSSR count). The van der Waals surface area contributed by atoms with Gasteiger partial charge in [-0.3, -0.25) is 0 Å². The summed E-state index contributed by atoms with van der Waals surface area (Å²) in [6, 6.07) is 43.8. The van der Waals surface area contributed by atoms with Gasteiger partial charge in [0.15, 0.2) is 0 Å². The molecule has 0 unspecified atom stereocenters. The van der Waals surface area contributed by atoms with Crippen molar-refractivity contribution in [3.63, 3.8) is 0 Å². The molecule has 0 amide bonds. The van der Waals surface area contributed by atoms with Crippen LogP contribution in [0.3, 0.4) is 0 Å². The van der Waals surface area contributed by atoms with Crippen LogP contribution in [-0.2, 0) is 0 Å². The Balaban J connectivity index is 0.000000341. The van der Waals surface area contributed by atoms with E-state index in [1.54, 1.807) is 0 Å². The zero-order chi connectivity index (χ0) is 23.8. The number of hydrogen-bond acceptors (Lipinski definition) is 0. The van der Waals surface area contributed by atoms with Crippen LogP contribution in [0.4, 0.5) is 0 Å². The van der Waals surface area contributed by atoms with E-state index in [9.17, 15) is 0 Å². The van der Waals surface area contributed by atoms with E-state index >= 15 is 0 Å². The molecule has 192 valence electrons. The van der Waals surface area contributed by atoms with Gasteiger partial charge in [0.25, 0.3) is 0 Å². The van der Waals surface area contributed by atoms with Crippen LogP contribution in [0.15, 0.2) is 121 Å². The average molecular weight is 558 g/mol. The first-order valence-electron chi connectivity index (χ1n) is 12.6. The smallest absolute Gasteiger partial charge is 0.0195 e. The van der Waals surface area contributed by atoms with Gasteiger partial charge in [-0.05, 0) is 62.2 Å². The average Bonchev–Trinajstić information content (AvgIpc) is 2.92. The minimum atomic E-state index is -0.157. The molecule has 0 spiro atoms. The van der Waals surface area contributed by atoms with Gasteiger partial charge >= 0.3 is 0 Å². The summed E-state index contributed by atoms with van der Waals surface area (Å²) >= 11 is 0. The van der Waals surface area contributed by atoms with Crippen LogP contribution < -0.4 is 21.2 Å². The molecule has 4 heteroatoms. The van der Waals surface area contributed by atoms with Crippen LogP contribution in [0.2, 0.25) is 0 Å². The zero-order valence-electron chi connectivity index (χ0n) is 21.5. The van der Waals surface area contributed by atoms with Crippen molar-refractivity contribution in [3.8, 4) is 0 Å². The minimum absolute atomic E-state index is 0. The lowest BCUT2D eigenvalue weighted by atomic mass is 10.4. The van der Waals surface area contributed by atoms with Gasteiger partial charge in [0.2, 0.25) is 0 Å². The lowest BCUT2D eigenvalue weighted by molar-refractivity contribution is 0.894. The molecule has 0 aliphatic heterocycles. The Labute approximate surface area is 234 Å².